The Hall–Kier alpha value is -1.00. The van der Waals surface area contributed by atoms with Crippen molar-refractivity contribution in [2.75, 3.05) is 19.7 Å². The van der Waals surface area contributed by atoms with Crippen LogP contribution in [0, 0.1) is 13.8 Å². The number of hydrogen-bond acceptors (Lipinski definition) is 4. The SMILES string of the molecule is CCNCC(C)c1c(C)nc(C2CCCO2)nc1C. The van der Waals surface area contributed by atoms with Crippen LogP contribution in [0.15, 0.2) is 0 Å². The average molecular weight is 263 g/mol. The van der Waals surface area contributed by atoms with Gasteiger partial charge in [0.05, 0.1) is 0 Å². The molecule has 1 aromatic heterocycles. The molecule has 2 rings (SSSR count). The number of hydrogen-bond donors (Lipinski definition) is 1. The van der Waals surface area contributed by atoms with Gasteiger partial charge in [-0.2, -0.15) is 0 Å². The molecule has 1 aromatic rings. The number of nitrogens with zero attached hydrogens (tertiary/aromatic N) is 2. The molecular weight excluding hydrogens is 238 g/mol. The van der Waals surface area contributed by atoms with Crippen molar-refractivity contribution in [1.29, 1.82) is 0 Å². The molecule has 1 aliphatic rings. The zero-order chi connectivity index (χ0) is 13.8. The number of ether oxygens (including phenoxy) is 1. The smallest absolute Gasteiger partial charge is 0.157 e. The van der Waals surface area contributed by atoms with Gasteiger partial charge in [-0.3, -0.25) is 0 Å². The first-order valence-corrected chi connectivity index (χ1v) is 7.30. The number of nitrogens with one attached hydrogen (secondary N) is 1. The van der Waals surface area contributed by atoms with E-state index in [-0.39, 0.29) is 6.10 Å². The molecule has 106 valence electrons. The molecule has 0 aliphatic carbocycles. The van der Waals surface area contributed by atoms with Gasteiger partial charge in [-0.1, -0.05) is 13.8 Å². The van der Waals surface area contributed by atoms with Crippen molar-refractivity contribution < 1.29 is 4.74 Å². The quantitative estimate of drug-likeness (QED) is 0.887. The highest BCUT2D eigenvalue weighted by molar-refractivity contribution is 5.28. The molecule has 4 nitrogen and oxygen atoms in total. The molecule has 4 heteroatoms. The lowest BCUT2D eigenvalue weighted by molar-refractivity contribution is 0.104. The van der Waals surface area contributed by atoms with E-state index in [4.69, 9.17) is 4.74 Å². The van der Waals surface area contributed by atoms with Crippen molar-refractivity contribution in [3.63, 3.8) is 0 Å². The molecule has 1 N–H and O–H groups in total. The van der Waals surface area contributed by atoms with E-state index in [0.717, 1.165) is 49.8 Å². The molecule has 19 heavy (non-hydrogen) atoms. The van der Waals surface area contributed by atoms with E-state index in [1.54, 1.807) is 0 Å². The van der Waals surface area contributed by atoms with Crippen LogP contribution >= 0.6 is 0 Å². The first-order chi connectivity index (χ1) is 9.13. The predicted molar refractivity (Wildman–Crippen MR) is 76.4 cm³/mol. The monoisotopic (exact) mass is 263 g/mol. The molecule has 0 radical (unpaired) electrons. The van der Waals surface area contributed by atoms with Crippen molar-refractivity contribution in [1.82, 2.24) is 15.3 Å². The summed E-state index contributed by atoms with van der Waals surface area (Å²) in [5, 5.41) is 3.39. The molecule has 0 bridgehead atoms. The normalized spacial score (nSPS) is 20.7. The molecule has 1 fully saturated rings. The lowest BCUT2D eigenvalue weighted by Crippen LogP contribution is -2.21. The van der Waals surface area contributed by atoms with Gasteiger partial charge >= 0.3 is 0 Å². The van der Waals surface area contributed by atoms with E-state index in [1.165, 1.54) is 5.56 Å². The summed E-state index contributed by atoms with van der Waals surface area (Å²) in [6.07, 6.45) is 2.27. The van der Waals surface area contributed by atoms with Gasteiger partial charge in [0, 0.05) is 24.5 Å². The Morgan fingerprint density at radius 2 is 2.00 bits per heavy atom. The van der Waals surface area contributed by atoms with Crippen LogP contribution in [0.25, 0.3) is 0 Å². The van der Waals surface area contributed by atoms with Crippen LogP contribution in [-0.4, -0.2) is 29.7 Å². The van der Waals surface area contributed by atoms with E-state index in [0.29, 0.717) is 5.92 Å². The largest absolute Gasteiger partial charge is 0.370 e. The second kappa shape index (κ2) is 6.44. The van der Waals surface area contributed by atoms with Crippen LogP contribution < -0.4 is 5.32 Å². The van der Waals surface area contributed by atoms with E-state index >= 15 is 0 Å². The molecule has 1 aliphatic heterocycles. The second-order valence-electron chi connectivity index (χ2n) is 5.38. The Balaban J connectivity index is 2.21. The lowest BCUT2D eigenvalue weighted by atomic mass is 9.97. The Morgan fingerprint density at radius 1 is 1.32 bits per heavy atom. The third kappa shape index (κ3) is 3.31. The van der Waals surface area contributed by atoms with Crippen LogP contribution in [0.2, 0.25) is 0 Å². The first-order valence-electron chi connectivity index (χ1n) is 7.30. The highest BCUT2D eigenvalue weighted by Gasteiger charge is 2.23. The Kier molecular flexibility index (Phi) is 4.88. The fourth-order valence-electron chi connectivity index (χ4n) is 2.85. The highest BCUT2D eigenvalue weighted by atomic mass is 16.5. The maximum absolute atomic E-state index is 5.68. The minimum atomic E-state index is 0.107. The molecule has 0 amide bonds. The summed E-state index contributed by atoms with van der Waals surface area (Å²) in [7, 11) is 0. The maximum Gasteiger partial charge on any atom is 0.157 e. The summed E-state index contributed by atoms with van der Waals surface area (Å²) in [6, 6.07) is 0. The van der Waals surface area contributed by atoms with Gasteiger partial charge < -0.3 is 10.1 Å². The van der Waals surface area contributed by atoms with E-state index in [2.05, 4.69) is 43.0 Å². The zero-order valence-corrected chi connectivity index (χ0v) is 12.5. The minimum Gasteiger partial charge on any atom is -0.370 e. The Labute approximate surface area is 116 Å². The topological polar surface area (TPSA) is 47.0 Å². The summed E-state index contributed by atoms with van der Waals surface area (Å²) in [5.74, 6) is 1.31. The summed E-state index contributed by atoms with van der Waals surface area (Å²) in [4.78, 5) is 9.36. The van der Waals surface area contributed by atoms with E-state index < -0.39 is 0 Å². The third-order valence-electron chi connectivity index (χ3n) is 3.76. The molecular formula is C15H25N3O. The van der Waals surface area contributed by atoms with Crippen molar-refractivity contribution in [3.05, 3.63) is 22.8 Å². The number of aromatic nitrogens is 2. The highest BCUT2D eigenvalue weighted by Crippen LogP contribution is 2.28. The fraction of sp³-hybridized carbons (Fsp3) is 0.733. The third-order valence-corrected chi connectivity index (χ3v) is 3.76. The number of aryl methyl sites for hydroxylation is 2. The van der Waals surface area contributed by atoms with Crippen molar-refractivity contribution in [2.24, 2.45) is 0 Å². The Bertz CT molecular complexity index is 404. The summed E-state index contributed by atoms with van der Waals surface area (Å²) < 4.78 is 5.68. The predicted octanol–water partition coefficient (Wildman–Crippen LogP) is 2.66. The number of rotatable bonds is 5. The van der Waals surface area contributed by atoms with Crippen LogP contribution in [0.1, 0.15) is 61.5 Å². The first kappa shape index (κ1) is 14.4. The van der Waals surface area contributed by atoms with Gasteiger partial charge in [-0.05, 0) is 44.7 Å². The molecule has 2 heterocycles. The number of likely N-dealkylation sites (N-methyl/N-ethyl adjacent to an activating group) is 1. The van der Waals surface area contributed by atoms with Gasteiger partial charge in [0.1, 0.15) is 6.10 Å². The summed E-state index contributed by atoms with van der Waals surface area (Å²) in [5.41, 5.74) is 3.48. The van der Waals surface area contributed by atoms with Gasteiger partial charge in [-0.25, -0.2) is 9.97 Å². The van der Waals surface area contributed by atoms with E-state index in [1.807, 2.05) is 0 Å². The van der Waals surface area contributed by atoms with Crippen molar-refractivity contribution in [2.45, 2.75) is 52.6 Å². The van der Waals surface area contributed by atoms with Gasteiger partial charge in [0.25, 0.3) is 0 Å². The van der Waals surface area contributed by atoms with Crippen molar-refractivity contribution >= 4 is 0 Å². The summed E-state index contributed by atoms with van der Waals surface area (Å²) in [6.45, 7) is 11.3. The zero-order valence-electron chi connectivity index (χ0n) is 12.5. The van der Waals surface area contributed by atoms with Gasteiger partial charge in [-0.15, -0.1) is 0 Å². The molecule has 2 unspecified atom stereocenters. The van der Waals surface area contributed by atoms with Crippen molar-refractivity contribution in [3.8, 4) is 0 Å². The second-order valence-corrected chi connectivity index (χ2v) is 5.38. The minimum absolute atomic E-state index is 0.107. The van der Waals surface area contributed by atoms with Gasteiger partial charge in [0.2, 0.25) is 0 Å². The van der Waals surface area contributed by atoms with Gasteiger partial charge in [0.15, 0.2) is 5.82 Å². The molecule has 0 aromatic carbocycles. The van der Waals surface area contributed by atoms with Crippen LogP contribution in [-0.2, 0) is 4.74 Å². The Morgan fingerprint density at radius 3 is 2.53 bits per heavy atom. The lowest BCUT2D eigenvalue weighted by Gasteiger charge is -2.19. The standard InChI is InChI=1S/C15H25N3O/c1-5-16-9-10(2)14-11(3)17-15(18-12(14)4)13-7-6-8-19-13/h10,13,16H,5-9H2,1-4H3. The molecule has 0 spiro atoms. The van der Waals surface area contributed by atoms with Crippen LogP contribution in [0.5, 0.6) is 0 Å². The maximum atomic E-state index is 5.68. The van der Waals surface area contributed by atoms with Crippen LogP contribution in [0.4, 0.5) is 0 Å². The van der Waals surface area contributed by atoms with E-state index in [9.17, 15) is 0 Å². The molecule has 1 saturated heterocycles. The van der Waals surface area contributed by atoms with Crippen LogP contribution in [0.3, 0.4) is 0 Å². The fourth-order valence-corrected chi connectivity index (χ4v) is 2.85. The summed E-state index contributed by atoms with van der Waals surface area (Å²) >= 11 is 0. The average Bonchev–Trinajstić information content (AvgIpc) is 2.89. The molecule has 0 saturated carbocycles. The molecule has 2 atom stereocenters.